The minimum absolute atomic E-state index is 0.0832. The number of aromatic hydroxyl groups is 1. The second kappa shape index (κ2) is 9.36. The monoisotopic (exact) mass is 609 g/mol. The molecule has 9 heteroatoms. The van der Waals surface area contributed by atoms with E-state index in [0.29, 0.717) is 17.4 Å². The number of benzene rings is 1. The number of carbonyl (C=O) groups excluding carboxylic acids is 3. The molecule has 1 aromatic carbocycles. The van der Waals surface area contributed by atoms with Crippen molar-refractivity contribution in [2.75, 3.05) is 0 Å². The molecule has 6 fully saturated rings. The van der Waals surface area contributed by atoms with Gasteiger partial charge < -0.3 is 31.3 Å². The van der Waals surface area contributed by atoms with Gasteiger partial charge in [-0.2, -0.15) is 0 Å². The number of aliphatic hydroxyl groups is 4. The third-order valence-electron chi connectivity index (χ3n) is 14.2. The Morgan fingerprint density at radius 1 is 0.955 bits per heavy atom. The topological polar surface area (TPSA) is 178 Å². The number of aliphatic hydroxyl groups excluding tert-OH is 3. The maximum Gasteiger partial charge on any atom is 0.230 e. The fourth-order valence-corrected chi connectivity index (χ4v) is 12.5. The highest BCUT2D eigenvalue weighted by Gasteiger charge is 2.80. The zero-order chi connectivity index (χ0) is 32.0. The van der Waals surface area contributed by atoms with Crippen LogP contribution in [0.15, 0.2) is 12.1 Å². The fraction of sp³-hybridized carbons (Fsp3) is 0.743. The van der Waals surface area contributed by atoms with Crippen LogP contribution in [0.2, 0.25) is 0 Å². The van der Waals surface area contributed by atoms with Gasteiger partial charge in [0.05, 0.1) is 23.7 Å². The lowest BCUT2D eigenvalue weighted by molar-refractivity contribution is -0.306. The van der Waals surface area contributed by atoms with Crippen LogP contribution < -0.4 is 5.73 Å². The Kier molecular flexibility index (Phi) is 6.46. The Hall–Kier alpha value is -2.33. The number of rotatable bonds is 3. The SMILES string of the molecule is CC(C)[C@H]1C(O)[C@@H](C(N)=O)C(=O)[C@]2(O)C(O)[C@H]3C(=O)c4c(ccc(C5C6CC7CC(C6)CC5C7)c4O)[C@@H](C)[C@]3(C)[C@@H](O)[C@]12C. The summed E-state index contributed by atoms with van der Waals surface area (Å²) in [6.45, 7) is 8.47. The van der Waals surface area contributed by atoms with Crippen LogP contribution in [0.5, 0.6) is 5.75 Å². The van der Waals surface area contributed by atoms with Crippen LogP contribution in [0, 0.1) is 58.2 Å². The molecule has 6 saturated carbocycles. The highest BCUT2D eigenvalue weighted by Crippen LogP contribution is 2.69. The Morgan fingerprint density at radius 2 is 1.50 bits per heavy atom. The van der Waals surface area contributed by atoms with Gasteiger partial charge in [0.1, 0.15) is 17.8 Å². The Morgan fingerprint density at radius 3 is 2.02 bits per heavy atom. The molecule has 9 nitrogen and oxygen atoms in total. The lowest BCUT2D eigenvalue weighted by atomic mass is 9.36. The summed E-state index contributed by atoms with van der Waals surface area (Å²) >= 11 is 0. The van der Waals surface area contributed by atoms with E-state index in [9.17, 15) is 39.9 Å². The number of phenolic OH excluding ortho intramolecular Hbond substituents is 1. The predicted octanol–water partition coefficient (Wildman–Crippen LogP) is 2.64. The van der Waals surface area contributed by atoms with Gasteiger partial charge in [0.15, 0.2) is 17.2 Å². The standard InChI is InChI=1S/C35H47NO8/c1-13(2)24-28(39)23(31(36)42)29(40)35(44)30(41)25-27(38)22-19(14(3)33(25,4)32(43)34(24,35)5)6-7-20(26(22)37)21-17-9-15-8-16(11-17)12-18(21)10-15/h6-7,13-18,21,23-25,28,30,32,37,39,41,43-44H,8-12H2,1-5H3,(H2,36,42)/t14-,15?,16?,17?,18?,21?,23-,24+,25-,28?,30?,32-,33+,34+,35+/m1/s1. The number of phenols is 1. The molecule has 1 aromatic rings. The van der Waals surface area contributed by atoms with Crippen LogP contribution in [-0.2, 0) is 9.59 Å². The lowest BCUT2D eigenvalue weighted by Crippen LogP contribution is -2.83. The van der Waals surface area contributed by atoms with Gasteiger partial charge in [0.25, 0.3) is 0 Å². The second-order valence-electron chi connectivity index (χ2n) is 16.3. The molecule has 0 spiro atoms. The van der Waals surface area contributed by atoms with Crippen molar-refractivity contribution in [2.24, 2.45) is 63.9 Å². The predicted molar refractivity (Wildman–Crippen MR) is 159 cm³/mol. The minimum atomic E-state index is -2.77. The molecule has 0 aromatic heterocycles. The molecule has 8 rings (SSSR count). The number of ketones is 2. The molecule has 7 aliphatic rings. The highest BCUT2D eigenvalue weighted by atomic mass is 16.4. The van der Waals surface area contributed by atoms with Gasteiger partial charge >= 0.3 is 0 Å². The maximum absolute atomic E-state index is 14.6. The number of carbonyl (C=O) groups is 3. The molecule has 1 amide bonds. The molecule has 7 aliphatic carbocycles. The molecular formula is C35H47NO8. The van der Waals surface area contributed by atoms with E-state index in [4.69, 9.17) is 5.73 Å². The number of primary amides is 1. The third kappa shape index (κ3) is 3.32. The van der Waals surface area contributed by atoms with Crippen molar-refractivity contribution >= 4 is 17.5 Å². The number of fused-ring (bicyclic) bond motifs is 3. The van der Waals surface area contributed by atoms with E-state index >= 15 is 0 Å². The molecule has 0 heterocycles. The van der Waals surface area contributed by atoms with E-state index in [1.54, 1.807) is 20.8 Å². The first-order chi connectivity index (χ1) is 20.5. The summed E-state index contributed by atoms with van der Waals surface area (Å²) < 4.78 is 0. The van der Waals surface area contributed by atoms with Crippen LogP contribution in [-0.4, -0.2) is 66.9 Å². The van der Waals surface area contributed by atoms with Crippen molar-refractivity contribution in [1.29, 1.82) is 0 Å². The average molecular weight is 610 g/mol. The Labute approximate surface area is 258 Å². The van der Waals surface area contributed by atoms with Crippen LogP contribution in [0.25, 0.3) is 0 Å². The molecule has 0 aliphatic heterocycles. The number of nitrogens with two attached hydrogens (primary N) is 1. The summed E-state index contributed by atoms with van der Waals surface area (Å²) in [5.74, 6) is -5.93. The quantitative estimate of drug-likeness (QED) is 0.283. The van der Waals surface area contributed by atoms with Crippen molar-refractivity contribution in [1.82, 2.24) is 0 Å². The van der Waals surface area contributed by atoms with Crippen molar-refractivity contribution in [3.8, 4) is 5.75 Å². The molecule has 7 N–H and O–H groups in total. The average Bonchev–Trinajstić information content (AvgIpc) is 2.93. The van der Waals surface area contributed by atoms with E-state index in [1.165, 1.54) is 13.3 Å². The number of hydrogen-bond donors (Lipinski definition) is 6. The number of Topliss-reactive ketones (excluding diaryl/α,β-unsaturated/α-hetero) is 2. The van der Waals surface area contributed by atoms with Crippen LogP contribution in [0.1, 0.15) is 100 Å². The minimum Gasteiger partial charge on any atom is -0.507 e. The molecule has 0 radical (unpaired) electrons. The van der Waals surface area contributed by atoms with Gasteiger partial charge in [-0.1, -0.05) is 46.8 Å². The molecular weight excluding hydrogens is 562 g/mol. The van der Waals surface area contributed by atoms with E-state index < -0.39 is 81.8 Å². The van der Waals surface area contributed by atoms with Crippen molar-refractivity contribution < 1.29 is 39.9 Å². The zero-order valence-corrected chi connectivity index (χ0v) is 26.2. The summed E-state index contributed by atoms with van der Waals surface area (Å²) in [6, 6.07) is 3.83. The van der Waals surface area contributed by atoms with Gasteiger partial charge in [0.2, 0.25) is 5.91 Å². The first-order valence-corrected chi connectivity index (χ1v) is 16.5. The lowest BCUT2D eigenvalue weighted by Gasteiger charge is -2.69. The summed E-state index contributed by atoms with van der Waals surface area (Å²) in [6.07, 6.45) is 0.593. The maximum atomic E-state index is 14.6. The van der Waals surface area contributed by atoms with E-state index in [-0.39, 0.29) is 17.2 Å². The molecule has 2 unspecified atom stereocenters. The zero-order valence-electron chi connectivity index (χ0n) is 26.2. The molecule has 44 heavy (non-hydrogen) atoms. The molecule has 4 bridgehead atoms. The van der Waals surface area contributed by atoms with Crippen LogP contribution >= 0.6 is 0 Å². The Bertz CT molecular complexity index is 1430. The van der Waals surface area contributed by atoms with Gasteiger partial charge in [-0.15, -0.1) is 0 Å². The summed E-state index contributed by atoms with van der Waals surface area (Å²) in [5, 5.41) is 60.2. The largest absolute Gasteiger partial charge is 0.507 e. The van der Waals surface area contributed by atoms with Gasteiger partial charge in [-0.25, -0.2) is 0 Å². The van der Waals surface area contributed by atoms with E-state index in [1.807, 2.05) is 19.1 Å². The summed E-state index contributed by atoms with van der Waals surface area (Å²) in [7, 11) is 0. The normalized spacial score (nSPS) is 50.8. The third-order valence-corrected chi connectivity index (χ3v) is 14.2. The first-order valence-electron chi connectivity index (χ1n) is 16.5. The molecule has 240 valence electrons. The van der Waals surface area contributed by atoms with Crippen LogP contribution in [0.4, 0.5) is 0 Å². The molecule has 10 atom stereocenters. The summed E-state index contributed by atoms with van der Waals surface area (Å²) in [5.41, 5.74) is 0.944. The molecule has 0 saturated heterocycles. The number of hydrogen-bond acceptors (Lipinski definition) is 8. The van der Waals surface area contributed by atoms with Gasteiger partial charge in [0, 0.05) is 10.8 Å². The van der Waals surface area contributed by atoms with E-state index in [0.717, 1.165) is 43.1 Å². The second-order valence-corrected chi connectivity index (χ2v) is 16.3. The van der Waals surface area contributed by atoms with Gasteiger partial charge in [-0.3, -0.25) is 14.4 Å². The fourth-order valence-electron chi connectivity index (χ4n) is 12.5. The van der Waals surface area contributed by atoms with Gasteiger partial charge in [-0.05, 0) is 90.6 Å². The summed E-state index contributed by atoms with van der Waals surface area (Å²) in [4.78, 5) is 41.2. The van der Waals surface area contributed by atoms with Crippen molar-refractivity contribution in [2.45, 2.75) is 102 Å². The number of amides is 1. The van der Waals surface area contributed by atoms with Crippen LogP contribution in [0.3, 0.4) is 0 Å². The smallest absolute Gasteiger partial charge is 0.230 e. The first kappa shape index (κ1) is 30.3. The van der Waals surface area contributed by atoms with Crippen molar-refractivity contribution in [3.05, 3.63) is 28.8 Å². The van der Waals surface area contributed by atoms with E-state index in [2.05, 4.69) is 0 Å². The van der Waals surface area contributed by atoms with Crippen molar-refractivity contribution in [3.63, 3.8) is 0 Å². The highest BCUT2D eigenvalue weighted by molar-refractivity contribution is 6.09. The Balaban J connectivity index is 1.39.